The Labute approximate surface area is 386 Å². The molecular formula is C48H77FN8O8. The molecule has 17 heteroatoms. The highest BCUT2D eigenvalue weighted by atomic mass is 19.1. The predicted octanol–water partition coefficient (Wildman–Crippen LogP) is 5.23. The fourth-order valence-corrected chi connectivity index (χ4v) is 7.91. The van der Waals surface area contributed by atoms with E-state index in [1.54, 1.807) is 0 Å². The quantitative estimate of drug-likeness (QED) is 0.129. The maximum absolute atomic E-state index is 14.7. The first-order valence-corrected chi connectivity index (χ1v) is 23.6. The van der Waals surface area contributed by atoms with Gasteiger partial charge in [0.1, 0.15) is 42.1 Å². The molecule has 8 atom stereocenters. The monoisotopic (exact) mass is 913 g/mol. The number of aromatic nitrogens is 1. The number of hydrogen-bond donors (Lipinski definition) is 3. The summed E-state index contributed by atoms with van der Waals surface area (Å²) in [6.07, 6.45) is 5.29. The zero-order chi connectivity index (χ0) is 49.0. The predicted molar refractivity (Wildman–Crippen MR) is 245 cm³/mol. The first-order chi connectivity index (χ1) is 30.7. The molecule has 0 aliphatic carbocycles. The highest BCUT2D eigenvalue weighted by molar-refractivity contribution is 5.97. The molecule has 6 amide bonds. The van der Waals surface area contributed by atoms with Crippen LogP contribution < -0.4 is 16.0 Å². The number of nitriles is 1. The smallest absolute Gasteiger partial charge is 0.329 e. The molecule has 0 radical (unpaired) electrons. The van der Waals surface area contributed by atoms with Crippen molar-refractivity contribution in [3.05, 3.63) is 29.8 Å². The number of likely N-dealkylation sites (N-methyl/N-ethyl adjacent to an activating group) is 3. The fraction of sp³-hybridized carbons (Fsp3) is 0.729. The van der Waals surface area contributed by atoms with Crippen molar-refractivity contribution < 1.29 is 42.7 Å². The van der Waals surface area contributed by atoms with Crippen molar-refractivity contribution in [1.29, 1.82) is 5.26 Å². The molecular weight excluding hydrogens is 836 g/mol. The Morgan fingerprint density at radius 2 is 1.26 bits per heavy atom. The van der Waals surface area contributed by atoms with Gasteiger partial charge in [-0.3, -0.25) is 33.8 Å². The number of carbonyl (C=O) groups is 7. The number of nitrogens with one attached hydrogen (secondary N) is 3. The van der Waals surface area contributed by atoms with Crippen molar-refractivity contribution in [2.24, 2.45) is 17.8 Å². The van der Waals surface area contributed by atoms with E-state index in [-0.39, 0.29) is 68.4 Å². The van der Waals surface area contributed by atoms with Crippen molar-refractivity contribution >= 4 is 41.4 Å². The largest absolute Gasteiger partial charge is 0.451 e. The van der Waals surface area contributed by atoms with Crippen molar-refractivity contribution in [2.45, 2.75) is 188 Å². The van der Waals surface area contributed by atoms with Crippen LogP contribution in [0.1, 0.15) is 145 Å². The molecule has 364 valence electrons. The Balaban J connectivity index is 2.89. The van der Waals surface area contributed by atoms with Gasteiger partial charge in [0.25, 0.3) is 5.91 Å². The average molecular weight is 913 g/mol. The van der Waals surface area contributed by atoms with Gasteiger partial charge in [-0.1, -0.05) is 93.4 Å². The number of amides is 6. The lowest BCUT2D eigenvalue weighted by Crippen LogP contribution is -2.60. The van der Waals surface area contributed by atoms with Gasteiger partial charge >= 0.3 is 5.97 Å². The van der Waals surface area contributed by atoms with Gasteiger partial charge in [-0.25, -0.2) is 9.18 Å². The van der Waals surface area contributed by atoms with Crippen LogP contribution in [0, 0.1) is 34.9 Å². The van der Waals surface area contributed by atoms with Crippen LogP contribution >= 0.6 is 0 Å². The summed E-state index contributed by atoms with van der Waals surface area (Å²) in [4.78, 5) is 109. The molecule has 1 aliphatic heterocycles. The Bertz CT molecular complexity index is 1770. The number of carbonyl (C=O) groups excluding carboxylic acids is 7. The van der Waals surface area contributed by atoms with Crippen LogP contribution in [0.4, 0.5) is 4.39 Å². The number of esters is 1. The van der Waals surface area contributed by atoms with Crippen LogP contribution in [0.15, 0.2) is 18.3 Å². The van der Waals surface area contributed by atoms with E-state index in [1.165, 1.54) is 50.0 Å². The maximum Gasteiger partial charge on any atom is 0.329 e. The average Bonchev–Trinajstić information content (AvgIpc) is 3.26. The number of hydrogen-bond acceptors (Lipinski definition) is 10. The number of ether oxygens (including phenoxy) is 1. The number of halogens is 1. The number of rotatable bonds is 18. The Hall–Kier alpha value is -5.14. The van der Waals surface area contributed by atoms with Gasteiger partial charge in [-0.2, -0.15) is 5.26 Å². The molecule has 0 saturated carbocycles. The molecule has 16 nitrogen and oxygen atoms in total. The topological polar surface area (TPSA) is 211 Å². The molecule has 0 spiro atoms. The van der Waals surface area contributed by atoms with Crippen LogP contribution in [0.5, 0.6) is 0 Å². The van der Waals surface area contributed by atoms with Crippen LogP contribution in [0.25, 0.3) is 0 Å². The van der Waals surface area contributed by atoms with Crippen molar-refractivity contribution in [1.82, 2.24) is 35.6 Å². The van der Waals surface area contributed by atoms with Gasteiger partial charge in [-0.15, -0.1) is 0 Å². The Morgan fingerprint density at radius 3 is 1.83 bits per heavy atom. The summed E-state index contributed by atoms with van der Waals surface area (Å²) >= 11 is 0. The van der Waals surface area contributed by atoms with Gasteiger partial charge in [0.2, 0.25) is 29.5 Å². The molecule has 1 aromatic rings. The van der Waals surface area contributed by atoms with E-state index < -0.39 is 89.6 Å². The third-order valence-electron chi connectivity index (χ3n) is 12.0. The van der Waals surface area contributed by atoms with Gasteiger partial charge in [-0.05, 0) is 62.5 Å². The number of unbranched alkanes of at least 4 members (excludes halogenated alkanes) is 4. The molecule has 2 heterocycles. The Kier molecular flexibility index (Phi) is 24.1. The van der Waals surface area contributed by atoms with E-state index in [1.807, 2.05) is 54.5 Å². The van der Waals surface area contributed by atoms with Crippen LogP contribution in [-0.2, 0) is 44.7 Å². The first-order valence-electron chi connectivity index (χ1n) is 23.6. The lowest BCUT2D eigenvalue weighted by atomic mass is 9.94. The molecule has 0 aromatic carbocycles. The van der Waals surface area contributed by atoms with Gasteiger partial charge < -0.3 is 35.4 Å². The molecule has 1 aliphatic rings. The summed E-state index contributed by atoms with van der Waals surface area (Å²) in [5, 5.41) is 18.0. The molecule has 2 rings (SSSR count). The van der Waals surface area contributed by atoms with Crippen molar-refractivity contribution in [3.63, 3.8) is 0 Å². The lowest BCUT2D eigenvalue weighted by Gasteiger charge is -2.35. The van der Waals surface area contributed by atoms with E-state index in [0.29, 0.717) is 6.42 Å². The molecule has 0 bridgehead atoms. The summed E-state index contributed by atoms with van der Waals surface area (Å²) in [7, 11) is 4.27. The minimum Gasteiger partial charge on any atom is -0.451 e. The number of pyridine rings is 1. The second-order valence-electron chi connectivity index (χ2n) is 18.6. The van der Waals surface area contributed by atoms with E-state index >= 15 is 0 Å². The van der Waals surface area contributed by atoms with E-state index in [4.69, 9.17) is 4.74 Å². The first kappa shape index (κ1) is 56.0. The van der Waals surface area contributed by atoms with Gasteiger partial charge in [0.05, 0.1) is 12.3 Å². The third-order valence-corrected chi connectivity index (χ3v) is 12.0. The SMILES string of the molecule is CCCCCC[C@@H]1NC(=O)[C@H](Cc2ccc(F)cn2)N(C)C(=O)[C@H](CC(C)C)NC(=O)[C@H](CC(C)C)N(C)C(=O)[C@H](C[C@H](C)CCCC)NC(=O)[C@@H](CCC#N)OC(=O)[C@H](C)N(C)C1=O. The zero-order valence-corrected chi connectivity index (χ0v) is 40.8. The molecule has 1 saturated heterocycles. The molecule has 1 fully saturated rings. The lowest BCUT2D eigenvalue weighted by molar-refractivity contribution is -0.163. The highest BCUT2D eigenvalue weighted by Crippen LogP contribution is 2.21. The maximum atomic E-state index is 14.7. The van der Waals surface area contributed by atoms with Crippen molar-refractivity contribution in [2.75, 3.05) is 21.1 Å². The summed E-state index contributed by atoms with van der Waals surface area (Å²) < 4.78 is 19.8. The third kappa shape index (κ3) is 18.0. The Morgan fingerprint density at radius 1 is 0.708 bits per heavy atom. The minimum atomic E-state index is -1.51. The molecule has 1 aromatic heterocycles. The zero-order valence-electron chi connectivity index (χ0n) is 40.8. The summed E-state index contributed by atoms with van der Waals surface area (Å²) in [6.45, 7) is 15.0. The van der Waals surface area contributed by atoms with Crippen LogP contribution in [0.2, 0.25) is 0 Å². The van der Waals surface area contributed by atoms with E-state index in [9.17, 15) is 43.2 Å². The summed E-state index contributed by atoms with van der Waals surface area (Å²) in [5.74, 6) is -5.79. The summed E-state index contributed by atoms with van der Waals surface area (Å²) in [6, 6.07) is -2.60. The normalized spacial score (nSPS) is 24.3. The number of nitrogens with zero attached hydrogens (tertiary/aromatic N) is 5. The summed E-state index contributed by atoms with van der Waals surface area (Å²) in [5.41, 5.74) is 0.283. The standard InChI is InChI=1S/C48H77FN8O8/c1-12-14-16-17-20-36-45(61)55(9)33(8)48(64)65-41(21-18-24-50)44(60)54-38(27-32(7)19-15-13-2)47(63)56(10)39(26-31(5)6)42(58)53-37(25-30(3)4)46(62)57(11)40(43(59)52-36)28-35-23-22-34(49)29-51-35/h22-23,29-33,36-41H,12-21,25-28H2,1-11H3,(H,52,59)(H,53,58)(H,54,60)/t32-,33+,36+,37+,38+,39+,40+,41-/m1/s1. The highest BCUT2D eigenvalue weighted by Gasteiger charge is 2.40. The van der Waals surface area contributed by atoms with Gasteiger partial charge in [0, 0.05) is 46.1 Å². The second kappa shape index (κ2) is 28.0. The fourth-order valence-electron chi connectivity index (χ4n) is 7.91. The van der Waals surface area contributed by atoms with Crippen LogP contribution in [-0.4, -0.2) is 125 Å². The van der Waals surface area contributed by atoms with E-state index in [2.05, 4.69) is 20.9 Å². The molecule has 0 unspecified atom stereocenters. The molecule has 65 heavy (non-hydrogen) atoms. The molecule has 3 N–H and O–H groups in total. The van der Waals surface area contributed by atoms with Gasteiger partial charge in [0.15, 0.2) is 6.10 Å². The van der Waals surface area contributed by atoms with Crippen molar-refractivity contribution in [3.8, 4) is 6.07 Å². The van der Waals surface area contributed by atoms with E-state index in [0.717, 1.165) is 49.6 Å². The number of cyclic esters (lactones) is 1. The minimum absolute atomic E-state index is 0.0443. The van der Waals surface area contributed by atoms with Crippen LogP contribution in [0.3, 0.4) is 0 Å². The second-order valence-corrected chi connectivity index (χ2v) is 18.6.